The SMILES string of the molecule is COc1nc(N)nc2c1ncn2[C@@H]1O[C@H](COP(=O)(N[C@@H](C)C(=O)OCC(C)(C)C)Oc2cccc3ccccc23)[C@@H](O)[C@@]1(C)O. The molecule has 0 amide bonds. The average molecular weight is 659 g/mol. The number of aliphatic hydroxyl groups is 2. The number of aromatic nitrogens is 4. The van der Waals surface area contributed by atoms with Gasteiger partial charge in [0.1, 0.15) is 29.6 Å². The Bertz CT molecular complexity index is 1770. The van der Waals surface area contributed by atoms with Crippen molar-refractivity contribution in [2.24, 2.45) is 5.41 Å². The first-order valence-corrected chi connectivity index (χ1v) is 16.1. The Morgan fingerprint density at radius 3 is 2.65 bits per heavy atom. The van der Waals surface area contributed by atoms with E-state index < -0.39 is 50.4 Å². The van der Waals surface area contributed by atoms with E-state index in [1.54, 1.807) is 24.3 Å². The Kier molecular flexibility index (Phi) is 9.28. The predicted octanol–water partition coefficient (Wildman–Crippen LogP) is 3.35. The van der Waals surface area contributed by atoms with Gasteiger partial charge in [-0.05, 0) is 30.7 Å². The maximum absolute atomic E-state index is 14.3. The summed E-state index contributed by atoms with van der Waals surface area (Å²) in [5.41, 5.74) is 4.11. The van der Waals surface area contributed by atoms with Gasteiger partial charge in [-0.1, -0.05) is 57.2 Å². The number of anilines is 1. The highest BCUT2D eigenvalue weighted by molar-refractivity contribution is 7.52. The van der Waals surface area contributed by atoms with Crippen LogP contribution in [-0.2, 0) is 23.4 Å². The average Bonchev–Trinajstić information content (AvgIpc) is 3.51. The lowest BCUT2D eigenvalue weighted by molar-refractivity contribution is -0.148. The van der Waals surface area contributed by atoms with Crippen molar-refractivity contribution in [1.29, 1.82) is 0 Å². The summed E-state index contributed by atoms with van der Waals surface area (Å²) in [6.07, 6.45) is -2.63. The van der Waals surface area contributed by atoms with E-state index in [0.29, 0.717) is 5.39 Å². The lowest BCUT2D eigenvalue weighted by Crippen LogP contribution is -2.44. The lowest BCUT2D eigenvalue weighted by atomic mass is 9.96. The standard InChI is InChI=1S/C30H39N6O9P/c1-17(26(38)42-15-29(2,3)4)35-46(40,45-20-13-9-11-18-10-7-8-12-19(18)20)43-14-21-23(37)30(5,39)27(44-21)36-16-32-22-24(36)33-28(31)34-25(22)41-6/h7-13,16-17,21,23,27,37,39H,14-15H2,1-6H3,(H,35,40)(H2,31,33,34)/t17-,21+,23+,27+,30+,46?/m0/s1. The second-order valence-electron chi connectivity index (χ2n) is 12.5. The minimum absolute atomic E-state index is 0.100. The van der Waals surface area contributed by atoms with Gasteiger partial charge in [0.15, 0.2) is 17.4 Å². The zero-order valence-electron chi connectivity index (χ0n) is 26.4. The van der Waals surface area contributed by atoms with E-state index in [1.807, 2.05) is 39.0 Å². The molecule has 0 aliphatic carbocycles. The molecule has 0 radical (unpaired) electrons. The molecule has 15 nitrogen and oxygen atoms in total. The van der Waals surface area contributed by atoms with Crippen LogP contribution in [0.25, 0.3) is 21.9 Å². The van der Waals surface area contributed by atoms with Crippen molar-refractivity contribution in [3.8, 4) is 11.6 Å². The second-order valence-corrected chi connectivity index (χ2v) is 14.2. The molecule has 1 fully saturated rings. The third kappa shape index (κ3) is 6.94. The Labute approximate surface area is 265 Å². The number of benzene rings is 2. The number of hydrogen-bond acceptors (Lipinski definition) is 13. The number of nitrogen functional groups attached to an aromatic ring is 1. The Hall–Kier alpha value is -3.85. The van der Waals surface area contributed by atoms with Crippen molar-refractivity contribution >= 4 is 41.6 Å². The van der Waals surface area contributed by atoms with Crippen molar-refractivity contribution in [3.63, 3.8) is 0 Å². The summed E-state index contributed by atoms with van der Waals surface area (Å²) >= 11 is 0. The van der Waals surface area contributed by atoms with E-state index in [0.717, 1.165) is 5.39 Å². The highest BCUT2D eigenvalue weighted by atomic mass is 31.2. The summed E-state index contributed by atoms with van der Waals surface area (Å²) in [7, 11) is -2.97. The zero-order chi connectivity index (χ0) is 33.4. The first-order chi connectivity index (χ1) is 21.6. The first-order valence-electron chi connectivity index (χ1n) is 14.6. The molecule has 5 rings (SSSR count). The van der Waals surface area contributed by atoms with Crippen molar-refractivity contribution in [3.05, 3.63) is 48.8 Å². The number of imidazole rings is 1. The van der Waals surface area contributed by atoms with Gasteiger partial charge < -0.3 is 34.7 Å². The summed E-state index contributed by atoms with van der Waals surface area (Å²) in [5.74, 6) is -0.411. The van der Waals surface area contributed by atoms with Gasteiger partial charge in [0, 0.05) is 5.39 Å². The van der Waals surface area contributed by atoms with Crippen LogP contribution in [0.4, 0.5) is 5.95 Å². The number of nitrogens with two attached hydrogens (primary N) is 1. The summed E-state index contributed by atoms with van der Waals surface area (Å²) in [5, 5.41) is 26.7. The van der Waals surface area contributed by atoms with Gasteiger partial charge in [-0.2, -0.15) is 15.1 Å². The number of fused-ring (bicyclic) bond motifs is 2. The van der Waals surface area contributed by atoms with Crippen LogP contribution in [0, 0.1) is 5.41 Å². The van der Waals surface area contributed by atoms with Crippen LogP contribution in [-0.4, -0.2) is 79.9 Å². The molecule has 248 valence electrons. The number of carbonyl (C=O) groups is 1. The summed E-state index contributed by atoms with van der Waals surface area (Å²) in [6, 6.07) is 11.4. The predicted molar refractivity (Wildman–Crippen MR) is 168 cm³/mol. The molecular weight excluding hydrogens is 619 g/mol. The van der Waals surface area contributed by atoms with Crippen LogP contribution < -0.4 is 20.1 Å². The second kappa shape index (κ2) is 12.7. The molecule has 1 saturated heterocycles. The van der Waals surface area contributed by atoms with Crippen LogP contribution in [0.15, 0.2) is 48.8 Å². The molecule has 0 bridgehead atoms. The Morgan fingerprint density at radius 1 is 1.22 bits per heavy atom. The summed E-state index contributed by atoms with van der Waals surface area (Å²) in [6.45, 7) is 8.20. The van der Waals surface area contributed by atoms with Gasteiger partial charge in [-0.15, -0.1) is 0 Å². The number of carbonyl (C=O) groups excluding carboxylic acids is 1. The van der Waals surface area contributed by atoms with Crippen LogP contribution in [0.5, 0.6) is 11.6 Å². The number of hydrogen-bond donors (Lipinski definition) is 4. The van der Waals surface area contributed by atoms with Gasteiger partial charge in [0.25, 0.3) is 0 Å². The zero-order valence-corrected chi connectivity index (χ0v) is 27.3. The molecule has 3 heterocycles. The topological polar surface area (TPSA) is 202 Å². The van der Waals surface area contributed by atoms with Crippen molar-refractivity contribution in [1.82, 2.24) is 24.6 Å². The highest BCUT2D eigenvalue weighted by Gasteiger charge is 2.54. The van der Waals surface area contributed by atoms with Gasteiger partial charge >= 0.3 is 13.7 Å². The monoisotopic (exact) mass is 658 g/mol. The van der Waals surface area contributed by atoms with E-state index in [2.05, 4.69) is 20.0 Å². The largest absolute Gasteiger partial charge is 0.479 e. The molecule has 6 atom stereocenters. The number of nitrogens with one attached hydrogen (secondary N) is 1. The van der Waals surface area contributed by atoms with E-state index in [1.165, 1.54) is 31.9 Å². The van der Waals surface area contributed by atoms with Gasteiger partial charge in [-0.25, -0.2) is 9.55 Å². The number of nitrogens with zero attached hydrogens (tertiary/aromatic N) is 4. The third-order valence-electron chi connectivity index (χ3n) is 7.34. The van der Waals surface area contributed by atoms with Gasteiger partial charge in [0.05, 0.1) is 26.7 Å². The maximum Gasteiger partial charge on any atom is 0.459 e. The van der Waals surface area contributed by atoms with Crippen molar-refractivity contribution in [2.45, 2.75) is 64.7 Å². The van der Waals surface area contributed by atoms with Crippen LogP contribution >= 0.6 is 7.75 Å². The summed E-state index contributed by atoms with van der Waals surface area (Å²) < 4.78 is 44.2. The van der Waals surface area contributed by atoms with E-state index in [9.17, 15) is 19.6 Å². The fraction of sp³-hybridized carbons (Fsp3) is 0.467. The first kappa shape index (κ1) is 33.5. The highest BCUT2D eigenvalue weighted by Crippen LogP contribution is 2.48. The quantitative estimate of drug-likeness (QED) is 0.135. The lowest BCUT2D eigenvalue weighted by Gasteiger charge is -2.27. The fourth-order valence-corrected chi connectivity index (χ4v) is 6.49. The number of ether oxygens (including phenoxy) is 3. The fourth-order valence-electron chi connectivity index (χ4n) is 4.97. The minimum Gasteiger partial charge on any atom is -0.479 e. The molecule has 1 aliphatic rings. The molecule has 1 unspecified atom stereocenters. The number of aliphatic hydroxyl groups excluding tert-OH is 1. The Morgan fingerprint density at radius 2 is 1.93 bits per heavy atom. The maximum atomic E-state index is 14.3. The Balaban J connectivity index is 1.40. The van der Waals surface area contributed by atoms with Crippen molar-refractivity contribution < 1.29 is 42.8 Å². The van der Waals surface area contributed by atoms with E-state index in [4.69, 9.17) is 29.0 Å². The molecular formula is C30H39N6O9P. The molecule has 0 saturated carbocycles. The molecule has 2 aromatic heterocycles. The van der Waals surface area contributed by atoms with Gasteiger partial charge in [-0.3, -0.25) is 13.9 Å². The minimum atomic E-state index is -4.37. The molecule has 16 heteroatoms. The van der Waals surface area contributed by atoms with Crippen LogP contribution in [0.2, 0.25) is 0 Å². The molecule has 1 aliphatic heterocycles. The molecule has 2 aromatic carbocycles. The van der Waals surface area contributed by atoms with Crippen LogP contribution in [0.3, 0.4) is 0 Å². The molecule has 0 spiro atoms. The van der Waals surface area contributed by atoms with Crippen molar-refractivity contribution in [2.75, 3.05) is 26.1 Å². The molecule has 5 N–H and O–H groups in total. The third-order valence-corrected chi connectivity index (χ3v) is 8.97. The normalized spacial score (nSPS) is 23.7. The summed E-state index contributed by atoms with van der Waals surface area (Å²) in [4.78, 5) is 25.3. The van der Waals surface area contributed by atoms with E-state index in [-0.39, 0.29) is 40.8 Å². The van der Waals surface area contributed by atoms with Gasteiger partial charge in [0.2, 0.25) is 11.8 Å². The smallest absolute Gasteiger partial charge is 0.459 e. The van der Waals surface area contributed by atoms with Crippen LogP contribution in [0.1, 0.15) is 40.8 Å². The molecule has 46 heavy (non-hydrogen) atoms. The number of methoxy groups -OCH3 is 1. The van der Waals surface area contributed by atoms with E-state index >= 15 is 0 Å². The number of esters is 1. The molecule has 4 aromatic rings. The number of rotatable bonds is 11.